The molecule has 7 heteroatoms. The maximum atomic E-state index is 13.0. The topological polar surface area (TPSA) is 18.5 Å². The lowest BCUT2D eigenvalue weighted by atomic mass is 10.0. The summed E-state index contributed by atoms with van der Waals surface area (Å²) in [5.41, 5.74) is 0. The van der Waals surface area contributed by atoms with Gasteiger partial charge in [-0.1, -0.05) is 33.8 Å². The first-order valence-corrected chi connectivity index (χ1v) is 16.2. The molecule has 0 radical (unpaired) electrons. The summed E-state index contributed by atoms with van der Waals surface area (Å²) in [6, 6.07) is 0.0680. The molecule has 3 unspecified atom stereocenters. The molecule has 0 saturated heterocycles. The molecule has 0 bridgehead atoms. The normalized spacial score (nSPS) is 19.0. The summed E-state index contributed by atoms with van der Waals surface area (Å²) in [6.45, 7) is 23.3. The van der Waals surface area contributed by atoms with E-state index in [9.17, 15) is 13.2 Å². The van der Waals surface area contributed by atoms with Crippen LogP contribution in [0.5, 0.6) is 0 Å². The van der Waals surface area contributed by atoms with E-state index in [2.05, 4.69) is 40.4 Å². The first-order chi connectivity index (χ1) is 12.6. The third-order valence-electron chi connectivity index (χ3n) is 7.51. The quantitative estimate of drug-likeness (QED) is 0.213. The van der Waals surface area contributed by atoms with E-state index in [0.717, 1.165) is 19.3 Å². The number of alkyl halides is 3. The number of hydrogen-bond donors (Lipinski definition) is 0. The Balaban J connectivity index is 5.91. The lowest BCUT2D eigenvalue weighted by molar-refractivity contribution is -0.131. The van der Waals surface area contributed by atoms with Gasteiger partial charge in [0.2, 0.25) is 0 Å². The average Bonchev–Trinajstić information content (AvgIpc) is 2.60. The largest absolute Gasteiger partial charge is 0.417 e. The van der Waals surface area contributed by atoms with Crippen LogP contribution in [0, 0.1) is 0 Å². The molecule has 0 aromatic rings. The fourth-order valence-corrected chi connectivity index (χ4v) is 12.4. The van der Waals surface area contributed by atoms with Gasteiger partial charge < -0.3 is 8.85 Å². The summed E-state index contributed by atoms with van der Waals surface area (Å²) >= 11 is 0. The van der Waals surface area contributed by atoms with Gasteiger partial charge in [-0.25, -0.2) is 0 Å². The molecule has 168 valence electrons. The zero-order valence-electron chi connectivity index (χ0n) is 19.6. The van der Waals surface area contributed by atoms with Crippen molar-refractivity contribution < 1.29 is 22.0 Å². The monoisotopic (exact) mass is 440 g/mol. The van der Waals surface area contributed by atoms with Crippen molar-refractivity contribution in [3.63, 3.8) is 0 Å². The Bertz CT molecular complexity index is 493. The van der Waals surface area contributed by atoms with Gasteiger partial charge in [0, 0.05) is 29.2 Å². The van der Waals surface area contributed by atoms with Crippen LogP contribution in [0.4, 0.5) is 13.2 Å². The second-order valence-electron chi connectivity index (χ2n) is 8.89. The van der Waals surface area contributed by atoms with E-state index in [1.165, 1.54) is 0 Å². The molecule has 28 heavy (non-hydrogen) atoms. The molecule has 0 spiro atoms. The molecule has 2 nitrogen and oxygen atoms in total. The highest BCUT2D eigenvalue weighted by molar-refractivity contribution is 6.77. The molecule has 0 rings (SSSR count). The first kappa shape index (κ1) is 27.9. The number of allylic oxidation sites excluding steroid dienone is 1. The highest BCUT2D eigenvalue weighted by atomic mass is 28.4. The van der Waals surface area contributed by atoms with Crippen LogP contribution in [0.3, 0.4) is 0 Å². The lowest BCUT2D eigenvalue weighted by Gasteiger charge is -2.52. The Morgan fingerprint density at radius 1 is 1.00 bits per heavy atom. The molecule has 0 aromatic heterocycles. The van der Waals surface area contributed by atoms with Gasteiger partial charge in [0.25, 0.3) is 0 Å². The van der Waals surface area contributed by atoms with E-state index in [1.54, 1.807) is 0 Å². The Hall–Kier alpha value is -0.116. The first-order valence-electron chi connectivity index (χ1n) is 10.7. The maximum Gasteiger partial charge on any atom is 0.388 e. The van der Waals surface area contributed by atoms with Crippen LogP contribution in [-0.2, 0) is 8.85 Å². The molecule has 0 amide bonds. The fourth-order valence-electron chi connectivity index (χ4n) is 4.64. The van der Waals surface area contributed by atoms with Crippen molar-refractivity contribution in [2.24, 2.45) is 0 Å². The Morgan fingerprint density at radius 2 is 1.50 bits per heavy atom. The zero-order valence-corrected chi connectivity index (χ0v) is 21.6. The van der Waals surface area contributed by atoms with Crippen LogP contribution < -0.4 is 0 Å². The Kier molecular flexibility index (Phi) is 10.2. The summed E-state index contributed by atoms with van der Waals surface area (Å²) < 4.78 is 52.0. The van der Waals surface area contributed by atoms with E-state index in [-0.39, 0.29) is 17.2 Å². The van der Waals surface area contributed by atoms with Crippen molar-refractivity contribution in [1.82, 2.24) is 0 Å². The average molecular weight is 441 g/mol. The zero-order chi connectivity index (χ0) is 22.4. The number of halogens is 3. The van der Waals surface area contributed by atoms with Gasteiger partial charge in [-0.3, -0.25) is 0 Å². The molecule has 0 saturated carbocycles. The van der Waals surface area contributed by atoms with E-state index in [0.29, 0.717) is 6.61 Å². The van der Waals surface area contributed by atoms with Crippen molar-refractivity contribution in [2.45, 2.75) is 115 Å². The van der Waals surface area contributed by atoms with Crippen LogP contribution >= 0.6 is 0 Å². The van der Waals surface area contributed by atoms with Crippen LogP contribution in [0.1, 0.15) is 67.2 Å². The van der Waals surface area contributed by atoms with Crippen LogP contribution in [0.25, 0.3) is 0 Å². The van der Waals surface area contributed by atoms with Crippen LogP contribution in [0.15, 0.2) is 12.7 Å². The summed E-state index contributed by atoms with van der Waals surface area (Å²) in [6.07, 6.45) is -0.448. The molecule has 0 aliphatic heterocycles. The third kappa shape index (κ3) is 5.95. The number of rotatable bonds is 13. The van der Waals surface area contributed by atoms with Crippen LogP contribution in [0.2, 0.25) is 35.8 Å². The standard InChI is InChI=1S/C21H43F3O2Si2/c1-11-19(7,28(10,25-15-5)17-16-21(22,23)24)18(6)26-27(8,9)20(12-2,13-3)14-4/h12,18H,2,11,13-17H2,1,3-10H3. The van der Waals surface area contributed by atoms with Crippen molar-refractivity contribution in [2.75, 3.05) is 6.61 Å². The summed E-state index contributed by atoms with van der Waals surface area (Å²) in [7, 11) is -4.92. The summed E-state index contributed by atoms with van der Waals surface area (Å²) in [4.78, 5) is 0. The van der Waals surface area contributed by atoms with E-state index < -0.39 is 34.3 Å². The van der Waals surface area contributed by atoms with Crippen molar-refractivity contribution >= 4 is 16.6 Å². The molecular weight excluding hydrogens is 397 g/mol. The fraction of sp³-hybridized carbons (Fsp3) is 0.905. The van der Waals surface area contributed by atoms with Crippen molar-refractivity contribution in [3.05, 3.63) is 12.7 Å². The van der Waals surface area contributed by atoms with Gasteiger partial charge in [-0.2, -0.15) is 13.2 Å². The molecule has 0 heterocycles. The highest BCUT2D eigenvalue weighted by Crippen LogP contribution is 2.53. The smallest absolute Gasteiger partial charge is 0.388 e. The van der Waals surface area contributed by atoms with E-state index in [1.807, 2.05) is 33.4 Å². The van der Waals surface area contributed by atoms with Crippen molar-refractivity contribution in [1.29, 1.82) is 0 Å². The van der Waals surface area contributed by atoms with Gasteiger partial charge in [0.15, 0.2) is 16.6 Å². The number of hydrogen-bond acceptors (Lipinski definition) is 2. The Labute approximate surface area is 173 Å². The van der Waals surface area contributed by atoms with E-state index >= 15 is 0 Å². The molecule has 0 aliphatic carbocycles. The molecule has 0 aliphatic rings. The predicted octanol–water partition coefficient (Wildman–Crippen LogP) is 8.08. The van der Waals surface area contributed by atoms with Crippen molar-refractivity contribution in [3.8, 4) is 0 Å². The molecule has 0 fully saturated rings. The SMILES string of the molecule is C=CC(CC)(CC)[Si](C)(C)OC(C)C(C)(CC)[Si](C)(CCC(F)(F)F)OCC. The minimum Gasteiger partial charge on any atom is -0.417 e. The van der Waals surface area contributed by atoms with Gasteiger partial charge in [0.1, 0.15) is 0 Å². The molecule has 3 atom stereocenters. The lowest BCUT2D eigenvalue weighted by Crippen LogP contribution is -2.56. The predicted molar refractivity (Wildman–Crippen MR) is 119 cm³/mol. The molecule has 0 N–H and O–H groups in total. The summed E-state index contributed by atoms with van der Waals surface area (Å²) in [5, 5.41) is -0.460. The van der Waals surface area contributed by atoms with Crippen LogP contribution in [-0.4, -0.2) is 35.5 Å². The van der Waals surface area contributed by atoms with Gasteiger partial charge in [0.05, 0.1) is 0 Å². The van der Waals surface area contributed by atoms with Gasteiger partial charge in [-0.05, 0) is 58.8 Å². The second kappa shape index (κ2) is 10.3. The second-order valence-corrected chi connectivity index (χ2v) is 17.5. The highest BCUT2D eigenvalue weighted by Gasteiger charge is 2.55. The molecule has 0 aromatic carbocycles. The molecular formula is C21H43F3O2Si2. The Morgan fingerprint density at radius 3 is 1.82 bits per heavy atom. The maximum absolute atomic E-state index is 13.0. The van der Waals surface area contributed by atoms with E-state index in [4.69, 9.17) is 8.85 Å². The summed E-state index contributed by atoms with van der Waals surface area (Å²) in [5.74, 6) is 0. The minimum atomic E-state index is -4.17. The van der Waals surface area contributed by atoms with Gasteiger partial charge in [-0.15, -0.1) is 6.58 Å². The third-order valence-corrected chi connectivity index (χ3v) is 17.1. The van der Waals surface area contributed by atoms with Gasteiger partial charge >= 0.3 is 6.18 Å². The minimum absolute atomic E-state index is 0.0501.